The largest absolute Gasteiger partial charge is 0.329 e. The van der Waals surface area contributed by atoms with Gasteiger partial charge < -0.3 is 10.3 Å². The fourth-order valence-electron chi connectivity index (χ4n) is 2.05. The Kier molecular flexibility index (Phi) is 3.40. The fraction of sp³-hybridized carbons (Fsp3) is 0.462. The molecule has 1 aromatic heterocycles. The molecule has 0 amide bonds. The van der Waals surface area contributed by atoms with Crippen LogP contribution in [0.1, 0.15) is 32.1 Å². The van der Waals surface area contributed by atoms with Crippen LogP contribution in [0.2, 0.25) is 5.02 Å². The van der Waals surface area contributed by atoms with Crippen molar-refractivity contribution < 1.29 is 0 Å². The van der Waals surface area contributed by atoms with Gasteiger partial charge >= 0.3 is 0 Å². The molecule has 0 aliphatic rings. The summed E-state index contributed by atoms with van der Waals surface area (Å²) in [5.74, 6) is 1.31. The van der Waals surface area contributed by atoms with Crippen LogP contribution in [0.3, 0.4) is 0 Å². The Balaban J connectivity index is 2.56. The van der Waals surface area contributed by atoms with E-state index in [0.717, 1.165) is 28.3 Å². The van der Waals surface area contributed by atoms with Crippen molar-refractivity contribution in [2.24, 2.45) is 18.7 Å². The molecule has 2 unspecified atom stereocenters. The van der Waals surface area contributed by atoms with Crippen LogP contribution < -0.4 is 5.73 Å². The van der Waals surface area contributed by atoms with E-state index < -0.39 is 0 Å². The van der Waals surface area contributed by atoms with Crippen LogP contribution in [0, 0.1) is 5.92 Å². The summed E-state index contributed by atoms with van der Waals surface area (Å²) in [4.78, 5) is 4.60. The van der Waals surface area contributed by atoms with E-state index in [2.05, 4.69) is 18.8 Å². The smallest absolute Gasteiger partial charge is 0.126 e. The van der Waals surface area contributed by atoms with Crippen molar-refractivity contribution in [3.8, 4) is 0 Å². The third-order valence-corrected chi connectivity index (χ3v) is 3.74. The zero-order valence-electron chi connectivity index (χ0n) is 10.4. The minimum atomic E-state index is -0.0477. The number of aromatic nitrogens is 2. The number of fused-ring (bicyclic) bond motifs is 1. The molecule has 2 rings (SSSR count). The van der Waals surface area contributed by atoms with Gasteiger partial charge in [0, 0.05) is 7.05 Å². The van der Waals surface area contributed by atoms with Crippen molar-refractivity contribution in [3.63, 3.8) is 0 Å². The van der Waals surface area contributed by atoms with Crippen molar-refractivity contribution in [1.82, 2.24) is 9.55 Å². The van der Waals surface area contributed by atoms with Crippen molar-refractivity contribution >= 4 is 22.6 Å². The summed E-state index contributed by atoms with van der Waals surface area (Å²) in [6.45, 7) is 4.28. The minimum absolute atomic E-state index is 0.0477. The zero-order valence-corrected chi connectivity index (χ0v) is 11.2. The topological polar surface area (TPSA) is 43.8 Å². The SMILES string of the molecule is CCC(C)C(N)c1nc2cccc(Cl)c2n1C. The molecule has 92 valence electrons. The van der Waals surface area contributed by atoms with Crippen LogP contribution in [-0.4, -0.2) is 9.55 Å². The highest BCUT2D eigenvalue weighted by molar-refractivity contribution is 6.35. The Morgan fingerprint density at radius 3 is 2.76 bits per heavy atom. The van der Waals surface area contributed by atoms with Gasteiger partial charge in [0.1, 0.15) is 5.82 Å². The van der Waals surface area contributed by atoms with Gasteiger partial charge in [-0.3, -0.25) is 0 Å². The third kappa shape index (κ3) is 2.05. The molecule has 3 nitrogen and oxygen atoms in total. The first kappa shape index (κ1) is 12.4. The molecule has 17 heavy (non-hydrogen) atoms. The lowest BCUT2D eigenvalue weighted by molar-refractivity contribution is 0.432. The summed E-state index contributed by atoms with van der Waals surface area (Å²) in [6, 6.07) is 5.71. The van der Waals surface area contributed by atoms with Crippen LogP contribution in [-0.2, 0) is 7.05 Å². The van der Waals surface area contributed by atoms with Crippen molar-refractivity contribution in [1.29, 1.82) is 0 Å². The Hall–Kier alpha value is -1.06. The molecule has 2 aromatic rings. The molecule has 0 aliphatic heterocycles. The number of hydrogen-bond acceptors (Lipinski definition) is 2. The second-order valence-corrected chi connectivity index (χ2v) is 4.96. The van der Waals surface area contributed by atoms with Gasteiger partial charge in [-0.15, -0.1) is 0 Å². The van der Waals surface area contributed by atoms with Gasteiger partial charge in [0.15, 0.2) is 0 Å². The average Bonchev–Trinajstić information content (AvgIpc) is 2.66. The second-order valence-electron chi connectivity index (χ2n) is 4.55. The van der Waals surface area contributed by atoms with Gasteiger partial charge in [0.05, 0.1) is 22.1 Å². The van der Waals surface area contributed by atoms with Crippen LogP contribution in [0.4, 0.5) is 0 Å². The Morgan fingerprint density at radius 2 is 2.18 bits per heavy atom. The quantitative estimate of drug-likeness (QED) is 0.910. The van der Waals surface area contributed by atoms with Crippen LogP contribution in [0.5, 0.6) is 0 Å². The molecule has 0 saturated carbocycles. The van der Waals surface area contributed by atoms with Gasteiger partial charge in [-0.05, 0) is 18.1 Å². The molecule has 4 heteroatoms. The minimum Gasteiger partial charge on any atom is -0.329 e. The summed E-state index contributed by atoms with van der Waals surface area (Å²) in [6.07, 6.45) is 1.04. The molecule has 0 saturated heterocycles. The monoisotopic (exact) mass is 251 g/mol. The van der Waals surface area contributed by atoms with Crippen molar-refractivity contribution in [2.75, 3.05) is 0 Å². The first-order valence-electron chi connectivity index (χ1n) is 5.92. The van der Waals surface area contributed by atoms with Gasteiger partial charge in [0.2, 0.25) is 0 Å². The highest BCUT2D eigenvalue weighted by atomic mass is 35.5. The maximum absolute atomic E-state index is 6.24. The second kappa shape index (κ2) is 4.67. The highest BCUT2D eigenvalue weighted by Crippen LogP contribution is 2.28. The highest BCUT2D eigenvalue weighted by Gasteiger charge is 2.20. The lowest BCUT2D eigenvalue weighted by Crippen LogP contribution is -2.22. The number of hydrogen-bond donors (Lipinski definition) is 1. The van der Waals surface area contributed by atoms with Crippen LogP contribution >= 0.6 is 11.6 Å². The number of para-hydroxylation sites is 1. The van der Waals surface area contributed by atoms with Crippen molar-refractivity contribution in [2.45, 2.75) is 26.3 Å². The first-order valence-corrected chi connectivity index (χ1v) is 6.30. The molecule has 0 radical (unpaired) electrons. The van der Waals surface area contributed by atoms with E-state index in [-0.39, 0.29) is 6.04 Å². The van der Waals surface area contributed by atoms with E-state index >= 15 is 0 Å². The van der Waals surface area contributed by atoms with Gasteiger partial charge in [-0.25, -0.2) is 4.98 Å². The summed E-state index contributed by atoms with van der Waals surface area (Å²) in [5.41, 5.74) is 8.11. The molecule has 1 heterocycles. The number of aryl methyl sites for hydroxylation is 1. The maximum Gasteiger partial charge on any atom is 0.126 e. The number of nitrogens with two attached hydrogens (primary N) is 1. The summed E-state index contributed by atoms with van der Waals surface area (Å²) in [7, 11) is 1.97. The Labute approximate surface area is 107 Å². The number of nitrogens with zero attached hydrogens (tertiary/aromatic N) is 2. The van der Waals surface area contributed by atoms with E-state index in [4.69, 9.17) is 17.3 Å². The molecule has 0 bridgehead atoms. The molecule has 0 aliphatic carbocycles. The molecule has 2 atom stereocenters. The number of benzene rings is 1. The molecule has 0 spiro atoms. The average molecular weight is 252 g/mol. The van der Waals surface area contributed by atoms with E-state index in [1.807, 2.05) is 29.8 Å². The predicted molar refractivity (Wildman–Crippen MR) is 72.1 cm³/mol. The summed E-state index contributed by atoms with van der Waals surface area (Å²) < 4.78 is 2.01. The lowest BCUT2D eigenvalue weighted by atomic mass is 9.99. The number of halogens is 1. The zero-order chi connectivity index (χ0) is 12.6. The third-order valence-electron chi connectivity index (χ3n) is 3.43. The van der Waals surface area contributed by atoms with Crippen LogP contribution in [0.25, 0.3) is 11.0 Å². The number of rotatable bonds is 3. The molecular formula is C13H18ClN3. The molecule has 0 fully saturated rings. The molecular weight excluding hydrogens is 234 g/mol. The lowest BCUT2D eigenvalue weighted by Gasteiger charge is -2.17. The summed E-state index contributed by atoms with van der Waals surface area (Å²) in [5, 5.41) is 0.722. The van der Waals surface area contributed by atoms with Gasteiger partial charge in [-0.2, -0.15) is 0 Å². The van der Waals surface area contributed by atoms with E-state index in [1.54, 1.807) is 0 Å². The van der Waals surface area contributed by atoms with Gasteiger partial charge in [-0.1, -0.05) is 37.9 Å². The normalized spacial score (nSPS) is 15.1. The number of imidazole rings is 1. The van der Waals surface area contributed by atoms with E-state index in [0.29, 0.717) is 5.92 Å². The first-order chi connectivity index (χ1) is 8.06. The fourth-order valence-corrected chi connectivity index (χ4v) is 2.34. The standard InChI is InChI=1S/C13H18ClN3/c1-4-8(2)11(15)13-16-10-7-5-6-9(14)12(10)17(13)3/h5-8,11H,4,15H2,1-3H3. The van der Waals surface area contributed by atoms with Gasteiger partial charge in [0.25, 0.3) is 0 Å². The molecule has 1 aromatic carbocycles. The van der Waals surface area contributed by atoms with Crippen molar-refractivity contribution in [3.05, 3.63) is 29.0 Å². The molecule has 2 N–H and O–H groups in total. The van der Waals surface area contributed by atoms with E-state index in [9.17, 15) is 0 Å². The summed E-state index contributed by atoms with van der Waals surface area (Å²) >= 11 is 6.19. The Morgan fingerprint density at radius 1 is 1.47 bits per heavy atom. The maximum atomic E-state index is 6.24. The Bertz CT molecular complexity index is 533. The van der Waals surface area contributed by atoms with E-state index in [1.165, 1.54) is 0 Å². The van der Waals surface area contributed by atoms with Crippen LogP contribution in [0.15, 0.2) is 18.2 Å². The predicted octanol–water partition coefficient (Wildman–Crippen LogP) is 3.27.